The second kappa shape index (κ2) is 4.60. The van der Waals surface area contributed by atoms with E-state index in [2.05, 4.69) is 5.32 Å². The first-order valence-corrected chi connectivity index (χ1v) is 5.92. The molecular weight excluding hydrogens is 176 g/mol. The molecule has 0 radical (unpaired) electrons. The van der Waals surface area contributed by atoms with Crippen molar-refractivity contribution in [1.29, 1.82) is 0 Å². The number of nitrogens with two attached hydrogens (primary N) is 1. The molecule has 1 aliphatic heterocycles. The van der Waals surface area contributed by atoms with Crippen molar-refractivity contribution in [3.8, 4) is 0 Å². The van der Waals surface area contributed by atoms with Crippen LogP contribution in [0.5, 0.6) is 0 Å². The number of hydrogen-bond acceptors (Lipinski definition) is 3. The van der Waals surface area contributed by atoms with Crippen LogP contribution in [0.3, 0.4) is 0 Å². The van der Waals surface area contributed by atoms with E-state index in [1.807, 2.05) is 0 Å². The molecule has 1 aliphatic carbocycles. The fourth-order valence-corrected chi connectivity index (χ4v) is 2.86. The van der Waals surface area contributed by atoms with Gasteiger partial charge in [0, 0.05) is 25.7 Å². The van der Waals surface area contributed by atoms with Crippen LogP contribution in [0.4, 0.5) is 0 Å². The van der Waals surface area contributed by atoms with Gasteiger partial charge >= 0.3 is 0 Å². The minimum atomic E-state index is 0.241. The smallest absolute Gasteiger partial charge is 0.0697 e. The Morgan fingerprint density at radius 3 is 2.86 bits per heavy atom. The van der Waals surface area contributed by atoms with Gasteiger partial charge in [0.25, 0.3) is 0 Å². The van der Waals surface area contributed by atoms with Crippen molar-refractivity contribution >= 4 is 0 Å². The summed E-state index contributed by atoms with van der Waals surface area (Å²) in [4.78, 5) is 0. The summed E-state index contributed by atoms with van der Waals surface area (Å²) < 4.78 is 5.97. The highest BCUT2D eigenvalue weighted by Gasteiger charge is 2.39. The van der Waals surface area contributed by atoms with Gasteiger partial charge in [-0.2, -0.15) is 0 Å². The molecule has 0 amide bonds. The lowest BCUT2D eigenvalue weighted by Gasteiger charge is -2.38. The first-order chi connectivity index (χ1) is 6.85. The SMILES string of the molecule is NCCNC1CCOC2(CCCC2)C1. The average Bonchev–Trinajstić information content (AvgIpc) is 2.63. The van der Waals surface area contributed by atoms with E-state index >= 15 is 0 Å². The first kappa shape index (κ1) is 10.4. The molecule has 0 bridgehead atoms. The molecule has 82 valence electrons. The summed E-state index contributed by atoms with van der Waals surface area (Å²) >= 11 is 0. The molecule has 14 heavy (non-hydrogen) atoms. The molecule has 3 heteroatoms. The fourth-order valence-electron chi connectivity index (χ4n) is 2.86. The van der Waals surface area contributed by atoms with Gasteiger partial charge < -0.3 is 15.8 Å². The van der Waals surface area contributed by atoms with Gasteiger partial charge in [0.15, 0.2) is 0 Å². The lowest BCUT2D eigenvalue weighted by molar-refractivity contribution is -0.0834. The molecule has 0 aromatic heterocycles. The molecular formula is C11H22N2O. The lowest BCUT2D eigenvalue weighted by Crippen LogP contribution is -2.46. The molecule has 2 rings (SSSR count). The second-order valence-electron chi connectivity index (χ2n) is 4.67. The zero-order chi connectivity index (χ0) is 9.86. The number of hydrogen-bond donors (Lipinski definition) is 2. The minimum Gasteiger partial charge on any atom is -0.375 e. The van der Waals surface area contributed by atoms with E-state index in [9.17, 15) is 0 Å². The Kier molecular flexibility index (Phi) is 3.42. The maximum absolute atomic E-state index is 5.97. The Morgan fingerprint density at radius 2 is 2.14 bits per heavy atom. The van der Waals surface area contributed by atoms with Gasteiger partial charge in [-0.05, 0) is 25.7 Å². The van der Waals surface area contributed by atoms with Crippen molar-refractivity contribution in [3.63, 3.8) is 0 Å². The monoisotopic (exact) mass is 198 g/mol. The third-order valence-corrected chi connectivity index (χ3v) is 3.59. The van der Waals surface area contributed by atoms with E-state index in [0.717, 1.165) is 26.1 Å². The molecule has 2 fully saturated rings. The average molecular weight is 198 g/mol. The number of ether oxygens (including phenoxy) is 1. The predicted octanol–water partition coefficient (Wildman–Crippen LogP) is 1.03. The Balaban J connectivity index is 1.83. The molecule has 1 atom stereocenters. The highest BCUT2D eigenvalue weighted by Crippen LogP contribution is 2.39. The van der Waals surface area contributed by atoms with Gasteiger partial charge in [-0.3, -0.25) is 0 Å². The van der Waals surface area contributed by atoms with Crippen LogP contribution >= 0.6 is 0 Å². The summed E-state index contributed by atoms with van der Waals surface area (Å²) in [5.41, 5.74) is 5.74. The highest BCUT2D eigenvalue weighted by atomic mass is 16.5. The van der Waals surface area contributed by atoms with Crippen LogP contribution in [0.25, 0.3) is 0 Å². The van der Waals surface area contributed by atoms with Crippen molar-refractivity contribution in [2.24, 2.45) is 5.73 Å². The van der Waals surface area contributed by atoms with Crippen molar-refractivity contribution in [3.05, 3.63) is 0 Å². The van der Waals surface area contributed by atoms with Crippen molar-refractivity contribution in [1.82, 2.24) is 5.32 Å². The van der Waals surface area contributed by atoms with E-state index in [1.54, 1.807) is 0 Å². The van der Waals surface area contributed by atoms with Gasteiger partial charge in [0.1, 0.15) is 0 Å². The predicted molar refractivity (Wildman–Crippen MR) is 57.2 cm³/mol. The van der Waals surface area contributed by atoms with Crippen LogP contribution in [-0.4, -0.2) is 31.3 Å². The Bertz CT molecular complexity index is 178. The minimum absolute atomic E-state index is 0.241. The van der Waals surface area contributed by atoms with Crippen LogP contribution in [0.15, 0.2) is 0 Å². The molecule has 1 spiro atoms. The van der Waals surface area contributed by atoms with Crippen LogP contribution in [0.1, 0.15) is 38.5 Å². The lowest BCUT2D eigenvalue weighted by atomic mass is 9.89. The van der Waals surface area contributed by atoms with Gasteiger partial charge in [-0.1, -0.05) is 12.8 Å². The standard InChI is InChI=1S/C11H22N2O/c12-6-7-13-10-3-8-14-11(9-10)4-1-2-5-11/h10,13H,1-9,12H2. The zero-order valence-electron chi connectivity index (χ0n) is 8.93. The molecule has 0 aromatic carbocycles. The van der Waals surface area contributed by atoms with E-state index < -0.39 is 0 Å². The van der Waals surface area contributed by atoms with Gasteiger partial charge in [-0.15, -0.1) is 0 Å². The largest absolute Gasteiger partial charge is 0.375 e. The van der Waals surface area contributed by atoms with E-state index in [-0.39, 0.29) is 5.60 Å². The van der Waals surface area contributed by atoms with Crippen molar-refractivity contribution in [2.75, 3.05) is 19.7 Å². The molecule has 1 saturated carbocycles. The van der Waals surface area contributed by atoms with E-state index in [4.69, 9.17) is 10.5 Å². The van der Waals surface area contributed by atoms with Crippen LogP contribution in [-0.2, 0) is 4.74 Å². The quantitative estimate of drug-likeness (QED) is 0.712. The Labute approximate surface area is 86.4 Å². The molecule has 0 aromatic rings. The second-order valence-corrected chi connectivity index (χ2v) is 4.67. The molecule has 1 heterocycles. The van der Waals surface area contributed by atoms with Gasteiger partial charge in [0.2, 0.25) is 0 Å². The molecule has 1 unspecified atom stereocenters. The van der Waals surface area contributed by atoms with Gasteiger partial charge in [0.05, 0.1) is 5.60 Å². The molecule has 2 aliphatic rings. The summed E-state index contributed by atoms with van der Waals surface area (Å²) in [5, 5.41) is 3.52. The first-order valence-electron chi connectivity index (χ1n) is 5.92. The Hall–Kier alpha value is -0.120. The normalized spacial score (nSPS) is 31.1. The van der Waals surface area contributed by atoms with E-state index in [1.165, 1.54) is 32.1 Å². The fraction of sp³-hybridized carbons (Fsp3) is 1.00. The van der Waals surface area contributed by atoms with Crippen LogP contribution in [0, 0.1) is 0 Å². The molecule has 3 N–H and O–H groups in total. The van der Waals surface area contributed by atoms with E-state index in [0.29, 0.717) is 6.04 Å². The number of rotatable bonds is 3. The number of nitrogens with one attached hydrogen (secondary N) is 1. The van der Waals surface area contributed by atoms with Gasteiger partial charge in [-0.25, -0.2) is 0 Å². The summed E-state index contributed by atoms with van der Waals surface area (Å²) in [6, 6.07) is 0.644. The molecule has 1 saturated heterocycles. The Morgan fingerprint density at radius 1 is 1.36 bits per heavy atom. The maximum atomic E-state index is 5.97. The zero-order valence-corrected chi connectivity index (χ0v) is 8.93. The maximum Gasteiger partial charge on any atom is 0.0697 e. The summed E-state index contributed by atoms with van der Waals surface area (Å²) in [5.74, 6) is 0. The summed E-state index contributed by atoms with van der Waals surface area (Å²) in [6.07, 6.45) is 7.60. The third-order valence-electron chi connectivity index (χ3n) is 3.59. The topological polar surface area (TPSA) is 47.3 Å². The summed E-state index contributed by atoms with van der Waals surface area (Å²) in [6.45, 7) is 2.62. The van der Waals surface area contributed by atoms with Crippen LogP contribution < -0.4 is 11.1 Å². The highest BCUT2D eigenvalue weighted by molar-refractivity contribution is 4.93. The van der Waals surface area contributed by atoms with Crippen molar-refractivity contribution < 1.29 is 4.74 Å². The third kappa shape index (κ3) is 2.27. The van der Waals surface area contributed by atoms with Crippen molar-refractivity contribution in [2.45, 2.75) is 50.2 Å². The van der Waals surface area contributed by atoms with Crippen LogP contribution in [0.2, 0.25) is 0 Å². The molecule has 3 nitrogen and oxygen atoms in total. The summed E-state index contributed by atoms with van der Waals surface area (Å²) in [7, 11) is 0.